The van der Waals surface area contributed by atoms with Crippen LogP contribution in [0.2, 0.25) is 5.02 Å². The van der Waals surface area contributed by atoms with Crippen LogP contribution < -0.4 is 0 Å². The molecule has 1 aromatic rings. The molecular weight excluding hydrogens is 238 g/mol. The van der Waals surface area contributed by atoms with Crippen LogP contribution in [0.25, 0.3) is 0 Å². The van der Waals surface area contributed by atoms with Crippen LogP contribution in [0.4, 0.5) is 4.39 Å². The van der Waals surface area contributed by atoms with E-state index in [0.717, 1.165) is 6.07 Å². The average Bonchev–Trinajstić information content (AvgIpc) is 1.94. The Kier molecular flexibility index (Phi) is 2.85. The number of benzene rings is 1. The molecule has 0 spiro atoms. The molecule has 6 heteroatoms. The summed E-state index contributed by atoms with van der Waals surface area (Å²) >= 11 is 5.56. The molecule has 0 unspecified atom stereocenters. The minimum Gasteiger partial charge on any atom is -0.207 e. The third-order valence-electron chi connectivity index (χ3n) is 1.48. The topological polar surface area (TPSA) is 34.1 Å². The summed E-state index contributed by atoms with van der Waals surface area (Å²) < 4.78 is 34.6. The normalized spacial score (nSPS) is 11.7. The van der Waals surface area contributed by atoms with Crippen LogP contribution in [0, 0.1) is 12.7 Å². The van der Waals surface area contributed by atoms with Crippen molar-refractivity contribution in [2.24, 2.45) is 0 Å². The van der Waals surface area contributed by atoms with Gasteiger partial charge in [0.05, 0.1) is 5.02 Å². The third-order valence-corrected chi connectivity index (χ3v) is 3.26. The monoisotopic (exact) mass is 242 g/mol. The third kappa shape index (κ3) is 2.33. The SMILES string of the molecule is Cc1cc(Cl)c(S(=O)(=O)Cl)cc1F. The second-order valence-electron chi connectivity index (χ2n) is 2.47. The molecular formula is C7H5Cl2FO2S. The van der Waals surface area contributed by atoms with E-state index >= 15 is 0 Å². The fourth-order valence-corrected chi connectivity index (χ4v) is 2.38. The Morgan fingerprint density at radius 2 is 1.92 bits per heavy atom. The van der Waals surface area contributed by atoms with Crippen molar-refractivity contribution < 1.29 is 12.8 Å². The highest BCUT2D eigenvalue weighted by Crippen LogP contribution is 2.27. The molecule has 0 atom stereocenters. The molecule has 1 aromatic carbocycles. The van der Waals surface area contributed by atoms with Gasteiger partial charge in [-0.15, -0.1) is 0 Å². The summed E-state index contributed by atoms with van der Waals surface area (Å²) in [5.41, 5.74) is 0.272. The van der Waals surface area contributed by atoms with Crippen LogP contribution in [0.15, 0.2) is 17.0 Å². The Morgan fingerprint density at radius 3 is 2.38 bits per heavy atom. The number of rotatable bonds is 1. The maximum absolute atomic E-state index is 12.9. The molecule has 0 N–H and O–H groups in total. The number of hydrogen-bond donors (Lipinski definition) is 0. The van der Waals surface area contributed by atoms with E-state index in [1.54, 1.807) is 0 Å². The predicted molar refractivity (Wildman–Crippen MR) is 49.2 cm³/mol. The maximum Gasteiger partial charge on any atom is 0.262 e. The van der Waals surface area contributed by atoms with Gasteiger partial charge in [-0.25, -0.2) is 12.8 Å². The van der Waals surface area contributed by atoms with Gasteiger partial charge in [-0.1, -0.05) is 11.6 Å². The molecule has 72 valence electrons. The summed E-state index contributed by atoms with van der Waals surface area (Å²) in [6.07, 6.45) is 0. The van der Waals surface area contributed by atoms with Gasteiger partial charge in [0, 0.05) is 10.7 Å². The van der Waals surface area contributed by atoms with Gasteiger partial charge >= 0.3 is 0 Å². The lowest BCUT2D eigenvalue weighted by atomic mass is 10.2. The van der Waals surface area contributed by atoms with Crippen molar-refractivity contribution in [2.45, 2.75) is 11.8 Å². The van der Waals surface area contributed by atoms with Crippen LogP contribution in [0.5, 0.6) is 0 Å². The largest absolute Gasteiger partial charge is 0.262 e. The summed E-state index contributed by atoms with van der Waals surface area (Å²) in [6.45, 7) is 1.48. The van der Waals surface area contributed by atoms with E-state index in [2.05, 4.69) is 0 Å². The van der Waals surface area contributed by atoms with Gasteiger partial charge in [0.15, 0.2) is 0 Å². The van der Waals surface area contributed by atoms with Gasteiger partial charge in [-0.05, 0) is 24.6 Å². The molecule has 0 aromatic heterocycles. The lowest BCUT2D eigenvalue weighted by Crippen LogP contribution is -1.94. The van der Waals surface area contributed by atoms with Crippen molar-refractivity contribution >= 4 is 31.3 Å². The molecule has 13 heavy (non-hydrogen) atoms. The van der Waals surface area contributed by atoms with Crippen LogP contribution in [-0.4, -0.2) is 8.42 Å². The second kappa shape index (κ2) is 3.44. The van der Waals surface area contributed by atoms with Crippen molar-refractivity contribution in [2.75, 3.05) is 0 Å². The Labute approximate surface area is 84.7 Å². The molecule has 0 aliphatic rings. The fourth-order valence-electron chi connectivity index (χ4n) is 0.815. The number of aryl methyl sites for hydroxylation is 1. The summed E-state index contributed by atoms with van der Waals surface area (Å²) in [4.78, 5) is -0.404. The minimum absolute atomic E-state index is 0.0751. The van der Waals surface area contributed by atoms with Crippen molar-refractivity contribution in [3.63, 3.8) is 0 Å². The Balaban J connectivity index is 3.50. The first kappa shape index (κ1) is 10.8. The minimum atomic E-state index is -3.97. The predicted octanol–water partition coefficient (Wildman–Crippen LogP) is 2.72. The molecule has 0 bridgehead atoms. The summed E-state index contributed by atoms with van der Waals surface area (Å²) in [6, 6.07) is 2.02. The van der Waals surface area contributed by atoms with E-state index in [0.29, 0.717) is 0 Å². The zero-order chi connectivity index (χ0) is 10.2. The molecule has 0 aliphatic carbocycles. The molecule has 0 fully saturated rings. The zero-order valence-electron chi connectivity index (χ0n) is 6.51. The van der Waals surface area contributed by atoms with Crippen LogP contribution in [0.1, 0.15) is 5.56 Å². The zero-order valence-corrected chi connectivity index (χ0v) is 8.84. The molecule has 0 saturated heterocycles. The molecule has 0 amide bonds. The van der Waals surface area contributed by atoms with E-state index in [1.165, 1.54) is 13.0 Å². The molecule has 0 saturated carbocycles. The Hall–Kier alpha value is -0.320. The lowest BCUT2D eigenvalue weighted by Gasteiger charge is -2.02. The average molecular weight is 243 g/mol. The first-order chi connectivity index (χ1) is 5.82. The first-order valence-electron chi connectivity index (χ1n) is 3.22. The second-order valence-corrected chi connectivity index (χ2v) is 5.41. The Bertz CT molecular complexity index is 442. The van der Waals surface area contributed by atoms with E-state index in [1.807, 2.05) is 0 Å². The van der Waals surface area contributed by atoms with E-state index < -0.39 is 19.8 Å². The van der Waals surface area contributed by atoms with Crippen molar-refractivity contribution in [1.82, 2.24) is 0 Å². The molecule has 0 aliphatic heterocycles. The van der Waals surface area contributed by atoms with Crippen molar-refractivity contribution in [1.29, 1.82) is 0 Å². The first-order valence-corrected chi connectivity index (χ1v) is 5.91. The summed E-state index contributed by atoms with van der Waals surface area (Å²) in [5.74, 6) is -0.649. The van der Waals surface area contributed by atoms with Gasteiger partial charge in [0.2, 0.25) is 0 Å². The van der Waals surface area contributed by atoms with E-state index in [-0.39, 0.29) is 10.6 Å². The highest BCUT2D eigenvalue weighted by Gasteiger charge is 2.16. The van der Waals surface area contributed by atoms with Gasteiger partial charge in [-0.3, -0.25) is 0 Å². The Morgan fingerprint density at radius 1 is 1.38 bits per heavy atom. The maximum atomic E-state index is 12.9. The van der Waals surface area contributed by atoms with Crippen LogP contribution in [-0.2, 0) is 9.05 Å². The highest BCUT2D eigenvalue weighted by molar-refractivity contribution is 8.13. The lowest BCUT2D eigenvalue weighted by molar-refractivity contribution is 0.599. The summed E-state index contributed by atoms with van der Waals surface area (Å²) in [7, 11) is 1.04. The van der Waals surface area contributed by atoms with Gasteiger partial charge < -0.3 is 0 Å². The molecule has 1 rings (SSSR count). The van der Waals surface area contributed by atoms with Crippen LogP contribution >= 0.6 is 22.3 Å². The quantitative estimate of drug-likeness (QED) is 0.710. The van der Waals surface area contributed by atoms with Gasteiger partial charge in [0.25, 0.3) is 9.05 Å². The molecule has 0 heterocycles. The van der Waals surface area contributed by atoms with Crippen molar-refractivity contribution in [3.8, 4) is 0 Å². The number of hydrogen-bond acceptors (Lipinski definition) is 2. The summed E-state index contributed by atoms with van der Waals surface area (Å²) in [5, 5.41) is -0.0751. The highest BCUT2D eigenvalue weighted by atomic mass is 35.7. The standard InChI is InChI=1S/C7H5Cl2FO2S/c1-4-2-5(8)7(3-6(4)10)13(9,11)12/h2-3H,1H3. The smallest absolute Gasteiger partial charge is 0.207 e. The van der Waals surface area contributed by atoms with Gasteiger partial charge in [-0.2, -0.15) is 0 Å². The molecule has 0 radical (unpaired) electrons. The van der Waals surface area contributed by atoms with E-state index in [9.17, 15) is 12.8 Å². The fraction of sp³-hybridized carbons (Fsp3) is 0.143. The van der Waals surface area contributed by atoms with Gasteiger partial charge in [0.1, 0.15) is 10.7 Å². The number of halogens is 3. The van der Waals surface area contributed by atoms with E-state index in [4.69, 9.17) is 22.3 Å². The van der Waals surface area contributed by atoms with Crippen LogP contribution in [0.3, 0.4) is 0 Å². The molecule has 2 nitrogen and oxygen atoms in total. The van der Waals surface area contributed by atoms with Crippen molar-refractivity contribution in [3.05, 3.63) is 28.5 Å².